The molecule has 0 fully saturated rings. The molecule has 0 aliphatic rings. The molecular weight excluding hydrogens is 220 g/mol. The first-order valence-electron chi connectivity index (χ1n) is 5.62. The maximum atomic E-state index is 5.84. The highest BCUT2D eigenvalue weighted by Gasteiger charge is 2.20. The van der Waals surface area contributed by atoms with Crippen LogP contribution in [0.2, 0.25) is 19.6 Å². The number of hydrogen-bond donors (Lipinski definition) is 0. The Hall–Kier alpha value is -0.583. The van der Waals surface area contributed by atoms with E-state index < -0.39 is 8.07 Å². The van der Waals surface area contributed by atoms with Gasteiger partial charge in [0, 0.05) is 27.1 Å². The molecule has 0 amide bonds. The number of hydrogen-bond acceptors (Lipinski definition) is 3. The van der Waals surface area contributed by atoms with Crippen LogP contribution in [0, 0.1) is 0 Å². The Morgan fingerprint density at radius 2 is 1.81 bits per heavy atom. The molecule has 0 atom stereocenters. The maximum absolute atomic E-state index is 5.84. The topological polar surface area (TPSA) is 31.6 Å². The van der Waals surface area contributed by atoms with Crippen molar-refractivity contribution in [2.24, 2.45) is 0 Å². The molecule has 0 aliphatic carbocycles. The predicted molar refractivity (Wildman–Crippen MR) is 67.8 cm³/mol. The lowest BCUT2D eigenvalue weighted by Gasteiger charge is -2.13. The molecule has 0 bridgehead atoms. The Bertz CT molecular complexity index is 310. The van der Waals surface area contributed by atoms with E-state index in [4.69, 9.17) is 13.9 Å². The van der Waals surface area contributed by atoms with Gasteiger partial charge in [0.05, 0.1) is 5.38 Å². The van der Waals surface area contributed by atoms with Crippen LogP contribution in [0.15, 0.2) is 16.5 Å². The van der Waals surface area contributed by atoms with Gasteiger partial charge in [0.2, 0.25) is 0 Å². The van der Waals surface area contributed by atoms with Crippen molar-refractivity contribution in [1.29, 1.82) is 0 Å². The van der Waals surface area contributed by atoms with Crippen molar-refractivity contribution in [3.63, 3.8) is 0 Å². The molecule has 92 valence electrons. The minimum Gasteiger partial charge on any atom is -0.471 e. The number of aryl methyl sites for hydroxylation is 1. The molecule has 0 aliphatic heterocycles. The summed E-state index contributed by atoms with van der Waals surface area (Å²) in [5.41, 5.74) is 0. The van der Waals surface area contributed by atoms with Crippen LogP contribution in [0.25, 0.3) is 0 Å². The highest BCUT2D eigenvalue weighted by Crippen LogP contribution is 2.10. The Labute approximate surface area is 98.8 Å². The van der Waals surface area contributed by atoms with Crippen molar-refractivity contribution in [3.05, 3.63) is 17.9 Å². The molecule has 3 nitrogen and oxygen atoms in total. The molecule has 1 aromatic heterocycles. The lowest BCUT2D eigenvalue weighted by Crippen LogP contribution is -2.36. The van der Waals surface area contributed by atoms with E-state index >= 15 is 0 Å². The van der Waals surface area contributed by atoms with Crippen LogP contribution in [-0.4, -0.2) is 28.6 Å². The van der Waals surface area contributed by atoms with Gasteiger partial charge in [-0.1, -0.05) is 19.6 Å². The van der Waals surface area contributed by atoms with E-state index in [9.17, 15) is 0 Å². The molecule has 0 spiro atoms. The Morgan fingerprint density at radius 1 is 1.19 bits per heavy atom. The van der Waals surface area contributed by atoms with Crippen molar-refractivity contribution in [1.82, 2.24) is 0 Å². The van der Waals surface area contributed by atoms with Gasteiger partial charge in [-0.25, -0.2) is 0 Å². The third-order valence-corrected chi connectivity index (χ3v) is 4.30. The average molecular weight is 242 g/mol. The smallest absolute Gasteiger partial charge is 0.157 e. The van der Waals surface area contributed by atoms with Gasteiger partial charge >= 0.3 is 0 Å². The van der Waals surface area contributed by atoms with Crippen LogP contribution in [0.4, 0.5) is 0 Å². The molecule has 1 rings (SSSR count). The molecule has 1 aromatic rings. The fourth-order valence-electron chi connectivity index (χ4n) is 1.51. The summed E-state index contributed by atoms with van der Waals surface area (Å²) in [5, 5.41) is 1.16. The van der Waals surface area contributed by atoms with Gasteiger partial charge in [-0.2, -0.15) is 0 Å². The zero-order valence-electron chi connectivity index (χ0n) is 10.9. The van der Waals surface area contributed by atoms with Crippen LogP contribution < -0.4 is 5.38 Å². The molecule has 0 saturated carbocycles. The van der Waals surface area contributed by atoms with Gasteiger partial charge in [-0.3, -0.25) is 0 Å². The summed E-state index contributed by atoms with van der Waals surface area (Å²) in [7, 11) is 2.00. The first-order chi connectivity index (χ1) is 7.47. The zero-order chi connectivity index (χ0) is 12.2. The summed E-state index contributed by atoms with van der Waals surface area (Å²) in [6.07, 6.45) is 1.54. The summed E-state index contributed by atoms with van der Waals surface area (Å²) >= 11 is 0. The second-order valence-electron chi connectivity index (χ2n) is 4.96. The van der Waals surface area contributed by atoms with Crippen LogP contribution in [0.5, 0.6) is 0 Å². The van der Waals surface area contributed by atoms with Crippen molar-refractivity contribution in [3.8, 4) is 0 Å². The van der Waals surface area contributed by atoms with E-state index in [1.807, 2.05) is 0 Å². The van der Waals surface area contributed by atoms with Crippen LogP contribution in [0.3, 0.4) is 0 Å². The van der Waals surface area contributed by atoms with E-state index in [2.05, 4.69) is 31.8 Å². The van der Waals surface area contributed by atoms with Crippen LogP contribution in [0.1, 0.15) is 12.2 Å². The number of furan rings is 1. The molecule has 0 radical (unpaired) electrons. The molecule has 0 aromatic carbocycles. The van der Waals surface area contributed by atoms with Crippen LogP contribution >= 0.6 is 0 Å². The van der Waals surface area contributed by atoms with Gasteiger partial charge in [-0.15, -0.1) is 0 Å². The van der Waals surface area contributed by atoms with Crippen molar-refractivity contribution in [2.75, 3.05) is 14.2 Å². The number of rotatable bonds is 6. The minimum absolute atomic E-state index is 0.138. The lowest BCUT2D eigenvalue weighted by molar-refractivity contribution is -0.106. The quantitative estimate of drug-likeness (QED) is 0.567. The molecule has 0 saturated heterocycles. The second kappa shape index (κ2) is 5.66. The Balaban J connectivity index is 2.53. The van der Waals surface area contributed by atoms with Gasteiger partial charge in [0.15, 0.2) is 6.29 Å². The van der Waals surface area contributed by atoms with E-state index in [1.54, 1.807) is 14.2 Å². The molecule has 16 heavy (non-hydrogen) atoms. The maximum Gasteiger partial charge on any atom is 0.157 e. The number of methoxy groups -OCH3 is 2. The Kier molecular flexibility index (Phi) is 4.77. The molecule has 1 heterocycles. The summed E-state index contributed by atoms with van der Waals surface area (Å²) in [4.78, 5) is 0. The second-order valence-corrected chi connectivity index (χ2v) is 9.95. The molecular formula is C12H22O3Si. The average Bonchev–Trinajstić information content (AvgIpc) is 2.67. The summed E-state index contributed by atoms with van der Waals surface area (Å²) < 4.78 is 16.1. The van der Waals surface area contributed by atoms with E-state index in [0.717, 1.165) is 24.0 Å². The first kappa shape index (κ1) is 13.5. The third-order valence-electron chi connectivity index (χ3n) is 2.55. The van der Waals surface area contributed by atoms with Gasteiger partial charge < -0.3 is 13.9 Å². The summed E-state index contributed by atoms with van der Waals surface area (Å²) in [5.74, 6) is 1.02. The lowest BCUT2D eigenvalue weighted by atomic mass is 10.2. The first-order valence-corrected chi connectivity index (χ1v) is 9.12. The Morgan fingerprint density at radius 3 is 2.25 bits per heavy atom. The normalized spacial score (nSPS) is 12.4. The fourth-order valence-corrected chi connectivity index (χ4v) is 2.53. The van der Waals surface area contributed by atoms with Crippen molar-refractivity contribution >= 4 is 13.5 Å². The molecule has 4 heteroatoms. The number of ether oxygens (including phenoxy) is 2. The largest absolute Gasteiger partial charge is 0.471 e. The van der Waals surface area contributed by atoms with E-state index in [0.29, 0.717) is 0 Å². The highest BCUT2D eigenvalue weighted by atomic mass is 28.3. The zero-order valence-corrected chi connectivity index (χ0v) is 11.9. The minimum atomic E-state index is -1.31. The SMILES string of the molecule is COC(CCc1ccc([Si](C)(C)C)o1)OC. The van der Waals surface area contributed by atoms with Gasteiger partial charge in [0.25, 0.3) is 0 Å². The molecule has 0 unspecified atom stereocenters. The standard InChI is InChI=1S/C12H22O3Si/c1-13-11(14-2)8-6-10-7-9-12(15-10)16(3,4)5/h7,9,11H,6,8H2,1-5H3. The molecule has 0 N–H and O–H groups in total. The van der Waals surface area contributed by atoms with Crippen molar-refractivity contribution < 1.29 is 13.9 Å². The predicted octanol–water partition coefficient (Wildman–Crippen LogP) is 2.38. The summed E-state index contributed by atoms with van der Waals surface area (Å²) in [6, 6.07) is 4.17. The van der Waals surface area contributed by atoms with E-state index in [-0.39, 0.29) is 6.29 Å². The highest BCUT2D eigenvalue weighted by molar-refractivity contribution is 6.87. The van der Waals surface area contributed by atoms with Gasteiger partial charge in [0.1, 0.15) is 13.8 Å². The van der Waals surface area contributed by atoms with E-state index in [1.165, 1.54) is 0 Å². The van der Waals surface area contributed by atoms with Crippen LogP contribution in [-0.2, 0) is 15.9 Å². The van der Waals surface area contributed by atoms with Crippen molar-refractivity contribution in [2.45, 2.75) is 38.8 Å². The third kappa shape index (κ3) is 3.77. The summed E-state index contributed by atoms with van der Waals surface area (Å²) in [6.45, 7) is 6.84. The van der Waals surface area contributed by atoms with Gasteiger partial charge in [-0.05, 0) is 12.1 Å². The monoisotopic (exact) mass is 242 g/mol. The fraction of sp³-hybridized carbons (Fsp3) is 0.667.